The fraction of sp³-hybridized carbons (Fsp3) is 0.409. The van der Waals surface area contributed by atoms with Crippen molar-refractivity contribution in [2.75, 3.05) is 27.2 Å². The number of aryl methyl sites for hydroxylation is 1. The van der Waals surface area contributed by atoms with Crippen LogP contribution in [0.15, 0.2) is 59.5 Å². The van der Waals surface area contributed by atoms with Gasteiger partial charge in [0.05, 0.1) is 4.90 Å². The molecule has 1 aliphatic rings. The number of urea groups is 1. The second-order valence-corrected chi connectivity index (χ2v) is 9.23. The van der Waals surface area contributed by atoms with Crippen LogP contribution in [-0.2, 0) is 16.5 Å². The van der Waals surface area contributed by atoms with Gasteiger partial charge in [-0.3, -0.25) is 4.55 Å². The number of benzene rings is 2. The monoisotopic (exact) mass is 433 g/mol. The Kier molecular flexibility index (Phi) is 8.40. The van der Waals surface area contributed by atoms with Crippen molar-refractivity contribution < 1.29 is 17.8 Å². The van der Waals surface area contributed by atoms with Crippen molar-refractivity contribution in [3.8, 4) is 0 Å². The first-order valence-corrected chi connectivity index (χ1v) is 11.3. The lowest BCUT2D eigenvalue weighted by atomic mass is 9.82. The molecule has 2 aromatic carbocycles. The Morgan fingerprint density at radius 1 is 1.07 bits per heavy atom. The minimum atomic E-state index is -4.02. The van der Waals surface area contributed by atoms with E-state index >= 15 is 0 Å². The molecule has 8 heteroatoms. The minimum absolute atomic E-state index is 0.00201. The van der Waals surface area contributed by atoms with E-state index in [-0.39, 0.29) is 16.5 Å². The molecule has 3 N–H and O–H groups in total. The van der Waals surface area contributed by atoms with Crippen LogP contribution in [0.3, 0.4) is 0 Å². The topological polar surface area (TPSA) is 98.7 Å². The zero-order chi connectivity index (χ0) is 22.2. The van der Waals surface area contributed by atoms with Crippen molar-refractivity contribution in [2.45, 2.75) is 36.6 Å². The summed E-state index contributed by atoms with van der Waals surface area (Å²) >= 11 is 0. The largest absolute Gasteiger partial charge is 0.332 e. The lowest BCUT2D eigenvalue weighted by molar-refractivity contribution is 0.185. The molecule has 0 radical (unpaired) electrons. The summed E-state index contributed by atoms with van der Waals surface area (Å²) in [6.07, 6.45) is 2.85. The van der Waals surface area contributed by atoms with Gasteiger partial charge in [0.1, 0.15) is 0 Å². The summed E-state index contributed by atoms with van der Waals surface area (Å²) < 4.78 is 29.6. The Bertz CT molecular complexity index is 907. The van der Waals surface area contributed by atoms with Crippen molar-refractivity contribution in [3.05, 3.63) is 65.7 Å². The number of amides is 2. The third-order valence-corrected chi connectivity index (χ3v) is 5.91. The summed E-state index contributed by atoms with van der Waals surface area (Å²) in [5.74, 6) is 0. The summed E-state index contributed by atoms with van der Waals surface area (Å²) in [7, 11) is -0.451. The molecule has 2 amide bonds. The van der Waals surface area contributed by atoms with E-state index in [0.29, 0.717) is 0 Å². The van der Waals surface area contributed by atoms with Gasteiger partial charge in [0, 0.05) is 19.6 Å². The minimum Gasteiger partial charge on any atom is -0.332 e. The molecule has 7 nitrogen and oxygen atoms in total. The first-order chi connectivity index (χ1) is 14.1. The van der Waals surface area contributed by atoms with Gasteiger partial charge in [-0.05, 0) is 57.0 Å². The van der Waals surface area contributed by atoms with E-state index in [1.165, 1.54) is 17.7 Å². The molecular formula is C22H31N3O4S. The number of carbonyl (C=O) groups excluding carboxylic acids is 1. The summed E-state index contributed by atoms with van der Waals surface area (Å²) in [6.45, 7) is 3.76. The third kappa shape index (κ3) is 7.44. The van der Waals surface area contributed by atoms with Gasteiger partial charge >= 0.3 is 6.03 Å². The molecule has 164 valence electrons. The van der Waals surface area contributed by atoms with Crippen LogP contribution in [-0.4, -0.2) is 56.6 Å². The van der Waals surface area contributed by atoms with Crippen LogP contribution >= 0.6 is 0 Å². The number of nitrogens with zero attached hydrogens (tertiary/aromatic N) is 1. The van der Waals surface area contributed by atoms with E-state index in [2.05, 4.69) is 34.9 Å². The Morgan fingerprint density at radius 3 is 2.13 bits per heavy atom. The maximum absolute atomic E-state index is 12.0. The van der Waals surface area contributed by atoms with Gasteiger partial charge in [0.2, 0.25) is 0 Å². The fourth-order valence-electron chi connectivity index (χ4n) is 3.29. The molecule has 0 atom stereocenters. The van der Waals surface area contributed by atoms with Gasteiger partial charge in [0.15, 0.2) is 0 Å². The number of rotatable bonds is 4. The highest BCUT2D eigenvalue weighted by atomic mass is 32.2. The quantitative estimate of drug-likeness (QED) is 0.644. The van der Waals surface area contributed by atoms with Crippen LogP contribution in [0.2, 0.25) is 0 Å². The van der Waals surface area contributed by atoms with Crippen molar-refractivity contribution in [1.82, 2.24) is 15.5 Å². The summed E-state index contributed by atoms with van der Waals surface area (Å²) in [6, 6.07) is 16.4. The molecule has 0 aliphatic carbocycles. The first-order valence-electron chi connectivity index (χ1n) is 9.90. The first kappa shape index (κ1) is 23.9. The molecule has 1 fully saturated rings. The molecule has 0 saturated carbocycles. The smallest absolute Gasteiger partial charge is 0.317 e. The predicted octanol–water partition coefficient (Wildman–Crippen LogP) is 2.86. The van der Waals surface area contributed by atoms with Crippen LogP contribution < -0.4 is 10.6 Å². The lowest BCUT2D eigenvalue weighted by Gasteiger charge is -2.39. The SMILES string of the molecule is CN(C)C(=O)NC1(Cc2ccccc2)CCNCC1.Cc1ccc(S(=O)(=O)O)cc1. The predicted molar refractivity (Wildman–Crippen MR) is 118 cm³/mol. The molecular weight excluding hydrogens is 402 g/mol. The number of nitrogens with one attached hydrogen (secondary N) is 2. The molecule has 0 spiro atoms. The average Bonchev–Trinajstić information content (AvgIpc) is 2.69. The Balaban J connectivity index is 0.000000248. The second-order valence-electron chi connectivity index (χ2n) is 7.81. The van der Waals surface area contributed by atoms with Crippen LogP contribution in [0.25, 0.3) is 0 Å². The number of piperidine rings is 1. The van der Waals surface area contributed by atoms with Crippen LogP contribution in [0.5, 0.6) is 0 Å². The second kappa shape index (κ2) is 10.6. The highest BCUT2D eigenvalue weighted by molar-refractivity contribution is 7.85. The fourth-order valence-corrected chi connectivity index (χ4v) is 3.77. The number of hydrogen-bond donors (Lipinski definition) is 3. The lowest BCUT2D eigenvalue weighted by Crippen LogP contribution is -2.57. The number of carbonyl (C=O) groups is 1. The molecule has 30 heavy (non-hydrogen) atoms. The zero-order valence-electron chi connectivity index (χ0n) is 17.8. The van der Waals surface area contributed by atoms with Gasteiger partial charge in [-0.15, -0.1) is 0 Å². The van der Waals surface area contributed by atoms with E-state index in [4.69, 9.17) is 4.55 Å². The maximum Gasteiger partial charge on any atom is 0.317 e. The zero-order valence-corrected chi connectivity index (χ0v) is 18.6. The molecule has 1 saturated heterocycles. The maximum atomic E-state index is 12.0. The highest BCUT2D eigenvalue weighted by Gasteiger charge is 2.34. The molecule has 2 aromatic rings. The summed E-state index contributed by atoms with van der Waals surface area (Å²) in [4.78, 5) is 13.5. The Hall–Kier alpha value is -2.42. The Morgan fingerprint density at radius 2 is 1.63 bits per heavy atom. The highest BCUT2D eigenvalue weighted by Crippen LogP contribution is 2.24. The third-order valence-electron chi connectivity index (χ3n) is 5.04. The van der Waals surface area contributed by atoms with Crippen molar-refractivity contribution in [1.29, 1.82) is 0 Å². The van der Waals surface area contributed by atoms with Crippen LogP contribution in [0.4, 0.5) is 4.79 Å². The molecule has 1 heterocycles. The van der Waals surface area contributed by atoms with Gasteiger partial charge in [0.25, 0.3) is 10.1 Å². The van der Waals surface area contributed by atoms with Gasteiger partial charge in [-0.2, -0.15) is 8.42 Å². The van der Waals surface area contributed by atoms with Gasteiger partial charge < -0.3 is 15.5 Å². The average molecular weight is 434 g/mol. The Labute approximate surface area is 179 Å². The molecule has 1 aliphatic heterocycles. The summed E-state index contributed by atoms with van der Waals surface area (Å²) in [5.41, 5.74) is 2.12. The van der Waals surface area contributed by atoms with E-state index in [1.54, 1.807) is 31.1 Å². The van der Waals surface area contributed by atoms with Crippen LogP contribution in [0.1, 0.15) is 24.0 Å². The standard InChI is InChI=1S/C15H23N3O.C7H8O3S/c1-18(2)14(19)17-15(8-10-16-11-9-15)12-13-6-4-3-5-7-13;1-6-2-4-7(5-3-6)11(8,9)10/h3-7,16H,8-12H2,1-2H3,(H,17,19);2-5H,1H3,(H,8,9,10). The van der Waals surface area contributed by atoms with Crippen LogP contribution in [0, 0.1) is 6.92 Å². The van der Waals surface area contributed by atoms with Gasteiger partial charge in [-0.25, -0.2) is 4.79 Å². The van der Waals surface area contributed by atoms with E-state index in [0.717, 1.165) is 37.9 Å². The van der Waals surface area contributed by atoms with Crippen molar-refractivity contribution in [3.63, 3.8) is 0 Å². The molecule has 0 aromatic heterocycles. The van der Waals surface area contributed by atoms with Crippen molar-refractivity contribution in [2.24, 2.45) is 0 Å². The normalized spacial score (nSPS) is 15.5. The molecule has 0 unspecified atom stereocenters. The van der Waals surface area contributed by atoms with E-state index in [1.807, 2.05) is 13.0 Å². The van der Waals surface area contributed by atoms with E-state index in [9.17, 15) is 13.2 Å². The molecule has 0 bridgehead atoms. The van der Waals surface area contributed by atoms with Gasteiger partial charge in [-0.1, -0.05) is 48.0 Å². The number of hydrogen-bond acceptors (Lipinski definition) is 4. The van der Waals surface area contributed by atoms with Crippen molar-refractivity contribution >= 4 is 16.1 Å². The molecule has 3 rings (SSSR count). The summed E-state index contributed by atoms with van der Waals surface area (Å²) in [5, 5.41) is 6.59. The van der Waals surface area contributed by atoms with E-state index < -0.39 is 10.1 Å².